The van der Waals surface area contributed by atoms with Crippen LogP contribution in [-0.2, 0) is 23.8 Å². The third-order valence-electron chi connectivity index (χ3n) is 8.80. The molecule has 5 nitrogen and oxygen atoms in total. The molecule has 0 unspecified atom stereocenters. The van der Waals surface area contributed by atoms with Crippen molar-refractivity contribution in [2.24, 2.45) is 34.5 Å². The van der Waals surface area contributed by atoms with Crippen molar-refractivity contribution in [3.05, 3.63) is 11.8 Å². The maximum atomic E-state index is 12.9. The van der Waals surface area contributed by atoms with Crippen molar-refractivity contribution < 1.29 is 35.2 Å². The van der Waals surface area contributed by atoms with Gasteiger partial charge < -0.3 is 13.7 Å². The molecule has 0 saturated heterocycles. The van der Waals surface area contributed by atoms with Crippen molar-refractivity contribution in [3.63, 3.8) is 0 Å². The maximum Gasteiger partial charge on any atom is 0.534 e. The van der Waals surface area contributed by atoms with Crippen LogP contribution in [0.5, 0.6) is 0 Å². The van der Waals surface area contributed by atoms with Gasteiger partial charge in [0.2, 0.25) is 0 Å². The van der Waals surface area contributed by atoms with E-state index in [0.717, 1.165) is 38.5 Å². The summed E-state index contributed by atoms with van der Waals surface area (Å²) in [7, 11) is -4.00. The molecule has 4 rings (SSSR count). The Morgan fingerprint density at radius 1 is 1.16 bits per heavy atom. The van der Waals surface area contributed by atoms with Crippen LogP contribution in [0.1, 0.15) is 65.2 Å². The van der Waals surface area contributed by atoms with Gasteiger partial charge in [-0.3, -0.25) is 0 Å². The number of hydrogen-bond donors (Lipinski definition) is 0. The van der Waals surface area contributed by atoms with Gasteiger partial charge in [0.1, 0.15) is 12.6 Å². The standard InChI is InChI=1S/C22H33F3O5S/c1-20-11-14-8-9-21(2)18(6-7-19(21)30-31(26,27)22(23,24)25)17(14)10-15(20)4-5-16(12-20)29-13-28-3/h7,14-18H,4-6,8-13H2,1-3H3/t14-,15+,16+,17-,18+,20-,21+/m0/s1. The predicted octanol–water partition coefficient (Wildman–Crippen LogP) is 5.38. The van der Waals surface area contributed by atoms with E-state index in [2.05, 4.69) is 11.1 Å². The monoisotopic (exact) mass is 466 g/mol. The average Bonchev–Trinajstić information content (AvgIpc) is 2.99. The quantitative estimate of drug-likeness (QED) is 0.309. The molecule has 0 bridgehead atoms. The Bertz CT molecular complexity index is 825. The van der Waals surface area contributed by atoms with Gasteiger partial charge in [-0.1, -0.05) is 13.8 Å². The Morgan fingerprint density at radius 2 is 1.90 bits per heavy atom. The number of hydrogen-bond acceptors (Lipinski definition) is 5. The smallest absolute Gasteiger partial charge is 0.380 e. The molecule has 0 aromatic carbocycles. The van der Waals surface area contributed by atoms with Gasteiger partial charge in [-0.15, -0.1) is 0 Å². The van der Waals surface area contributed by atoms with Gasteiger partial charge in [-0.25, -0.2) is 0 Å². The first-order chi connectivity index (χ1) is 14.4. The summed E-state index contributed by atoms with van der Waals surface area (Å²) in [6, 6.07) is 0. The summed E-state index contributed by atoms with van der Waals surface area (Å²) in [5, 5.41) is 0. The molecule has 7 atom stereocenters. The number of alkyl halides is 3. The second-order valence-electron chi connectivity index (χ2n) is 10.5. The second kappa shape index (κ2) is 7.90. The van der Waals surface area contributed by atoms with Crippen LogP contribution in [0.25, 0.3) is 0 Å². The first-order valence-corrected chi connectivity index (χ1v) is 12.6. The van der Waals surface area contributed by atoms with Crippen LogP contribution >= 0.6 is 0 Å². The molecular formula is C22H33F3O5S. The van der Waals surface area contributed by atoms with E-state index in [0.29, 0.717) is 37.4 Å². The number of fused-ring (bicyclic) bond motifs is 4. The van der Waals surface area contributed by atoms with Gasteiger partial charge in [-0.2, -0.15) is 21.6 Å². The minimum atomic E-state index is -5.63. The molecular weight excluding hydrogens is 433 g/mol. The Morgan fingerprint density at radius 3 is 2.58 bits per heavy atom. The lowest BCUT2D eigenvalue weighted by atomic mass is 9.48. The SMILES string of the molecule is COCO[C@@H]1CC[C@@H]2C[C@H]3[C@@H](CC[C@@]4(C)C(OS(=O)(=O)C(F)(F)F)=CC[C@H]34)C[C@@]2(C)C1. The second-order valence-corrected chi connectivity index (χ2v) is 12.1. The van der Waals surface area contributed by atoms with E-state index in [1.54, 1.807) is 13.2 Å². The molecule has 0 aromatic rings. The van der Waals surface area contributed by atoms with Crippen LogP contribution in [0.2, 0.25) is 0 Å². The molecule has 9 heteroatoms. The highest BCUT2D eigenvalue weighted by Crippen LogP contribution is 2.65. The van der Waals surface area contributed by atoms with E-state index in [1.165, 1.54) is 0 Å². The number of ether oxygens (including phenoxy) is 2. The van der Waals surface area contributed by atoms with E-state index >= 15 is 0 Å². The van der Waals surface area contributed by atoms with Crippen molar-refractivity contribution in [2.45, 2.75) is 76.8 Å². The van der Waals surface area contributed by atoms with E-state index < -0.39 is 21.0 Å². The van der Waals surface area contributed by atoms with E-state index in [-0.39, 0.29) is 23.2 Å². The van der Waals surface area contributed by atoms with Crippen molar-refractivity contribution in [1.82, 2.24) is 0 Å². The summed E-state index contributed by atoms with van der Waals surface area (Å²) in [5.74, 6) is 1.59. The van der Waals surface area contributed by atoms with Gasteiger partial charge >= 0.3 is 15.6 Å². The number of methoxy groups -OCH3 is 1. The molecule has 0 radical (unpaired) electrons. The Balaban J connectivity index is 1.48. The third-order valence-corrected chi connectivity index (χ3v) is 9.77. The summed E-state index contributed by atoms with van der Waals surface area (Å²) >= 11 is 0. The summed E-state index contributed by atoms with van der Waals surface area (Å²) in [5.41, 5.74) is -5.85. The number of rotatable bonds is 5. The Kier molecular flexibility index (Phi) is 5.96. The third kappa shape index (κ3) is 4.03. The van der Waals surface area contributed by atoms with E-state index in [1.807, 2.05) is 6.92 Å². The molecule has 0 aromatic heterocycles. The Hall–Kier alpha value is -0.800. The highest BCUT2D eigenvalue weighted by Gasteiger charge is 2.59. The molecule has 0 spiro atoms. The minimum Gasteiger partial charge on any atom is -0.380 e. The molecule has 3 saturated carbocycles. The lowest BCUT2D eigenvalue weighted by molar-refractivity contribution is -0.136. The maximum absolute atomic E-state index is 12.9. The van der Waals surface area contributed by atoms with Gasteiger partial charge in [0.05, 0.1) is 6.10 Å². The topological polar surface area (TPSA) is 61.8 Å². The van der Waals surface area contributed by atoms with Crippen molar-refractivity contribution in [1.29, 1.82) is 0 Å². The van der Waals surface area contributed by atoms with Crippen LogP contribution < -0.4 is 0 Å². The highest BCUT2D eigenvalue weighted by molar-refractivity contribution is 7.87. The predicted molar refractivity (Wildman–Crippen MR) is 108 cm³/mol. The van der Waals surface area contributed by atoms with Crippen molar-refractivity contribution in [3.8, 4) is 0 Å². The highest BCUT2D eigenvalue weighted by atomic mass is 32.2. The molecule has 0 heterocycles. The van der Waals surface area contributed by atoms with Gasteiger partial charge in [0, 0.05) is 12.5 Å². The lowest BCUT2D eigenvalue weighted by Gasteiger charge is -2.58. The number of allylic oxidation sites excluding steroid dienone is 2. The average molecular weight is 467 g/mol. The van der Waals surface area contributed by atoms with Crippen LogP contribution in [0.3, 0.4) is 0 Å². The summed E-state index contributed by atoms with van der Waals surface area (Å²) in [6.45, 7) is 4.57. The molecule has 0 amide bonds. The van der Waals surface area contributed by atoms with E-state index in [4.69, 9.17) is 9.47 Å². The molecule has 4 aliphatic carbocycles. The Labute approximate surface area is 182 Å². The van der Waals surface area contributed by atoms with Gasteiger partial charge in [0.25, 0.3) is 0 Å². The van der Waals surface area contributed by atoms with Crippen molar-refractivity contribution in [2.75, 3.05) is 13.9 Å². The first-order valence-electron chi connectivity index (χ1n) is 11.2. The molecule has 0 aliphatic heterocycles. The zero-order chi connectivity index (χ0) is 22.7. The van der Waals surface area contributed by atoms with Crippen molar-refractivity contribution >= 4 is 10.1 Å². The normalized spacial score (nSPS) is 42.9. The minimum absolute atomic E-state index is 0.00159. The molecule has 3 fully saturated rings. The molecule has 178 valence electrons. The molecule has 0 N–H and O–H groups in total. The van der Waals surface area contributed by atoms with Crippen LogP contribution in [0.15, 0.2) is 11.8 Å². The zero-order valence-corrected chi connectivity index (χ0v) is 19.2. The fourth-order valence-corrected chi connectivity index (χ4v) is 7.80. The lowest BCUT2D eigenvalue weighted by Crippen LogP contribution is -2.51. The number of halogens is 3. The molecule has 4 aliphatic rings. The van der Waals surface area contributed by atoms with Crippen LogP contribution in [0.4, 0.5) is 13.2 Å². The fourth-order valence-electron chi connectivity index (χ4n) is 7.21. The summed E-state index contributed by atoms with van der Waals surface area (Å²) in [6.07, 6.45) is 9.18. The largest absolute Gasteiger partial charge is 0.534 e. The summed E-state index contributed by atoms with van der Waals surface area (Å²) in [4.78, 5) is 0. The van der Waals surface area contributed by atoms with E-state index in [9.17, 15) is 21.6 Å². The first kappa shape index (κ1) is 23.4. The fraction of sp³-hybridized carbons (Fsp3) is 0.909. The van der Waals surface area contributed by atoms with Gasteiger partial charge in [0.15, 0.2) is 0 Å². The van der Waals surface area contributed by atoms with Gasteiger partial charge in [-0.05, 0) is 86.5 Å². The van der Waals surface area contributed by atoms with Crippen LogP contribution in [-0.4, -0.2) is 33.9 Å². The molecule has 31 heavy (non-hydrogen) atoms. The zero-order valence-electron chi connectivity index (χ0n) is 18.4. The van der Waals surface area contributed by atoms with Crippen LogP contribution in [0, 0.1) is 34.5 Å². The summed E-state index contributed by atoms with van der Waals surface area (Å²) < 4.78 is 77.5.